The summed E-state index contributed by atoms with van der Waals surface area (Å²) in [6.45, 7) is 13.2. The van der Waals surface area contributed by atoms with Gasteiger partial charge in [0.05, 0.1) is 0 Å². The van der Waals surface area contributed by atoms with Gasteiger partial charge in [-0.2, -0.15) is 0 Å². The van der Waals surface area contributed by atoms with Gasteiger partial charge in [0, 0.05) is 0 Å². The van der Waals surface area contributed by atoms with E-state index in [1.165, 1.54) is 33.4 Å². The molecule has 0 amide bonds. The summed E-state index contributed by atoms with van der Waals surface area (Å²) in [4.78, 5) is 0. The topological polar surface area (TPSA) is 0 Å². The minimum Gasteiger partial charge on any atom is -0.0683 e. The first kappa shape index (κ1) is 9.31. The molecule has 0 atom stereocenters. The third-order valence-electron chi connectivity index (χ3n) is 2.56. The van der Waals surface area contributed by atoms with Gasteiger partial charge in [0.25, 0.3) is 0 Å². The zero-order chi connectivity index (χ0) is 9.46. The molecular weight excluding hydrogens is 144 g/mol. The molecule has 0 aromatic carbocycles. The van der Waals surface area contributed by atoms with Gasteiger partial charge in [0.1, 0.15) is 0 Å². The minimum absolute atomic E-state index is 1.44. The van der Waals surface area contributed by atoms with Crippen LogP contribution in [0.25, 0.3) is 0 Å². The Labute approximate surface area is 75.7 Å². The van der Waals surface area contributed by atoms with Crippen molar-refractivity contribution < 1.29 is 0 Å². The van der Waals surface area contributed by atoms with E-state index in [0.29, 0.717) is 0 Å². The molecule has 12 heavy (non-hydrogen) atoms. The molecule has 1 rings (SSSR count). The molecule has 0 nitrogen and oxygen atoms in total. The Bertz CT molecular complexity index is 269. The number of allylic oxidation sites excluding steroid dienone is 6. The van der Waals surface area contributed by atoms with Crippen LogP contribution in [0.4, 0.5) is 0 Å². The standard InChI is InChI=1S/C12H18/c1-7(2)11-9(5)10(6)12(11)8(3)4/h1-6H3. The molecule has 0 radical (unpaired) electrons. The Morgan fingerprint density at radius 1 is 0.667 bits per heavy atom. The summed E-state index contributed by atoms with van der Waals surface area (Å²) in [6.07, 6.45) is 0. The largest absolute Gasteiger partial charge is 0.0683 e. The van der Waals surface area contributed by atoms with E-state index >= 15 is 0 Å². The Hall–Kier alpha value is -0.780. The summed E-state index contributed by atoms with van der Waals surface area (Å²) >= 11 is 0. The molecule has 0 aromatic heterocycles. The van der Waals surface area contributed by atoms with Crippen molar-refractivity contribution in [1.29, 1.82) is 0 Å². The van der Waals surface area contributed by atoms with Gasteiger partial charge < -0.3 is 0 Å². The van der Waals surface area contributed by atoms with Gasteiger partial charge in [0.2, 0.25) is 0 Å². The Morgan fingerprint density at radius 2 is 0.917 bits per heavy atom. The molecule has 0 heterocycles. The smallest absolute Gasteiger partial charge is 0.0163 e. The lowest BCUT2D eigenvalue weighted by molar-refractivity contribution is 1.07. The van der Waals surface area contributed by atoms with Gasteiger partial charge in [-0.3, -0.25) is 0 Å². The SMILES string of the molecule is CC(C)=C1C(C)=C(C)C1=C(C)C. The first-order valence-electron chi connectivity index (χ1n) is 4.50. The normalized spacial score (nSPS) is 16.5. The number of rotatable bonds is 0. The Balaban J connectivity index is 3.31. The molecule has 0 saturated carbocycles. The van der Waals surface area contributed by atoms with Gasteiger partial charge in [-0.05, 0) is 63.8 Å². The summed E-state index contributed by atoms with van der Waals surface area (Å²) in [5.41, 5.74) is 8.82. The molecule has 0 spiro atoms. The van der Waals surface area contributed by atoms with Crippen LogP contribution >= 0.6 is 0 Å². The number of hydrogen-bond donors (Lipinski definition) is 0. The highest BCUT2D eigenvalue weighted by molar-refractivity contribution is 5.70. The summed E-state index contributed by atoms with van der Waals surface area (Å²) in [7, 11) is 0. The fraction of sp³-hybridized carbons (Fsp3) is 0.500. The van der Waals surface area contributed by atoms with E-state index in [9.17, 15) is 0 Å². The van der Waals surface area contributed by atoms with Crippen molar-refractivity contribution in [2.24, 2.45) is 0 Å². The van der Waals surface area contributed by atoms with Crippen LogP contribution in [-0.4, -0.2) is 0 Å². The highest BCUT2D eigenvalue weighted by Gasteiger charge is 2.23. The Morgan fingerprint density at radius 3 is 1.08 bits per heavy atom. The second kappa shape index (κ2) is 2.93. The molecule has 0 fully saturated rings. The maximum absolute atomic E-state index is 2.21. The lowest BCUT2D eigenvalue weighted by atomic mass is 9.75. The van der Waals surface area contributed by atoms with Crippen molar-refractivity contribution in [2.75, 3.05) is 0 Å². The molecule has 66 valence electrons. The average Bonchev–Trinajstić information content (AvgIpc) is 1.96. The maximum Gasteiger partial charge on any atom is -0.0163 e. The van der Waals surface area contributed by atoms with Gasteiger partial charge >= 0.3 is 0 Å². The van der Waals surface area contributed by atoms with Crippen LogP contribution in [0.1, 0.15) is 41.5 Å². The quantitative estimate of drug-likeness (QED) is 0.505. The van der Waals surface area contributed by atoms with E-state index in [2.05, 4.69) is 41.5 Å². The monoisotopic (exact) mass is 162 g/mol. The molecule has 1 aliphatic carbocycles. The van der Waals surface area contributed by atoms with E-state index in [4.69, 9.17) is 0 Å². The van der Waals surface area contributed by atoms with Gasteiger partial charge in [-0.25, -0.2) is 0 Å². The van der Waals surface area contributed by atoms with Gasteiger partial charge in [-0.1, -0.05) is 11.1 Å². The second-order valence-electron chi connectivity index (χ2n) is 4.00. The molecule has 0 aromatic rings. The number of hydrogen-bond acceptors (Lipinski definition) is 0. The van der Waals surface area contributed by atoms with E-state index in [0.717, 1.165) is 0 Å². The molecule has 0 saturated heterocycles. The maximum atomic E-state index is 2.21. The summed E-state index contributed by atoms with van der Waals surface area (Å²) in [6, 6.07) is 0. The van der Waals surface area contributed by atoms with Crippen molar-refractivity contribution in [3.63, 3.8) is 0 Å². The van der Waals surface area contributed by atoms with Crippen molar-refractivity contribution in [2.45, 2.75) is 41.5 Å². The first-order chi connectivity index (χ1) is 5.46. The molecule has 0 unspecified atom stereocenters. The zero-order valence-electron chi connectivity index (χ0n) is 9.00. The van der Waals surface area contributed by atoms with Crippen LogP contribution in [0, 0.1) is 0 Å². The molecule has 0 heteroatoms. The van der Waals surface area contributed by atoms with E-state index in [1.807, 2.05) is 0 Å². The van der Waals surface area contributed by atoms with Gasteiger partial charge in [-0.15, -0.1) is 0 Å². The van der Waals surface area contributed by atoms with Crippen LogP contribution < -0.4 is 0 Å². The second-order valence-corrected chi connectivity index (χ2v) is 4.00. The zero-order valence-corrected chi connectivity index (χ0v) is 9.00. The predicted molar refractivity (Wildman–Crippen MR) is 55.1 cm³/mol. The highest BCUT2D eigenvalue weighted by Crippen LogP contribution is 2.42. The highest BCUT2D eigenvalue weighted by atomic mass is 14.3. The van der Waals surface area contributed by atoms with Crippen molar-refractivity contribution in [1.82, 2.24) is 0 Å². The summed E-state index contributed by atoms with van der Waals surface area (Å²) in [5.74, 6) is 0. The predicted octanol–water partition coefficient (Wildman–Crippen LogP) is 4.01. The lowest BCUT2D eigenvalue weighted by Gasteiger charge is -2.29. The van der Waals surface area contributed by atoms with Gasteiger partial charge in [0.15, 0.2) is 0 Å². The van der Waals surface area contributed by atoms with Crippen molar-refractivity contribution in [3.8, 4) is 0 Å². The molecule has 0 N–H and O–H groups in total. The lowest BCUT2D eigenvalue weighted by Crippen LogP contribution is -2.11. The van der Waals surface area contributed by atoms with Crippen LogP contribution in [0.15, 0.2) is 33.4 Å². The van der Waals surface area contributed by atoms with E-state index < -0.39 is 0 Å². The average molecular weight is 162 g/mol. The molecule has 1 aliphatic rings. The minimum atomic E-state index is 1.44. The van der Waals surface area contributed by atoms with Crippen LogP contribution in [0.2, 0.25) is 0 Å². The first-order valence-corrected chi connectivity index (χ1v) is 4.50. The third kappa shape index (κ3) is 1.16. The van der Waals surface area contributed by atoms with E-state index in [1.54, 1.807) is 0 Å². The van der Waals surface area contributed by atoms with Crippen molar-refractivity contribution in [3.05, 3.63) is 33.4 Å². The van der Waals surface area contributed by atoms with Crippen LogP contribution in [0.5, 0.6) is 0 Å². The van der Waals surface area contributed by atoms with Crippen LogP contribution in [-0.2, 0) is 0 Å². The fourth-order valence-corrected chi connectivity index (χ4v) is 1.94. The molecule has 0 bridgehead atoms. The van der Waals surface area contributed by atoms with E-state index in [-0.39, 0.29) is 0 Å². The van der Waals surface area contributed by atoms with Crippen LogP contribution in [0.3, 0.4) is 0 Å². The Kier molecular flexibility index (Phi) is 2.27. The molecule has 0 aliphatic heterocycles. The summed E-state index contributed by atoms with van der Waals surface area (Å²) < 4.78 is 0. The summed E-state index contributed by atoms with van der Waals surface area (Å²) in [5, 5.41) is 0. The third-order valence-corrected chi connectivity index (χ3v) is 2.56. The fourth-order valence-electron chi connectivity index (χ4n) is 1.94. The molecular formula is C12H18. The van der Waals surface area contributed by atoms with Crippen molar-refractivity contribution >= 4 is 0 Å².